The highest BCUT2D eigenvalue weighted by atomic mass is 19.4. The van der Waals surface area contributed by atoms with Crippen molar-refractivity contribution in [3.63, 3.8) is 0 Å². The minimum Gasteiger partial charge on any atom is -0.430 e. The van der Waals surface area contributed by atoms with Gasteiger partial charge in [0.15, 0.2) is 0 Å². The summed E-state index contributed by atoms with van der Waals surface area (Å²) in [6.07, 6.45) is -14.7. The lowest BCUT2D eigenvalue weighted by molar-refractivity contribution is -0.305. The molecule has 0 aromatic heterocycles. The van der Waals surface area contributed by atoms with E-state index < -0.39 is 29.8 Å². The summed E-state index contributed by atoms with van der Waals surface area (Å²) in [5.41, 5.74) is -0.762. The Morgan fingerprint density at radius 3 is 2.14 bits per heavy atom. The quantitative estimate of drug-likeness (QED) is 0.622. The van der Waals surface area contributed by atoms with Gasteiger partial charge in [-0.25, -0.2) is 4.39 Å². The van der Waals surface area contributed by atoms with Crippen molar-refractivity contribution in [1.82, 2.24) is 0 Å². The summed E-state index contributed by atoms with van der Waals surface area (Å²) >= 11 is 0. The van der Waals surface area contributed by atoms with Crippen molar-refractivity contribution in [3.05, 3.63) is 35.4 Å². The molecule has 0 radical (unpaired) electrons. The fourth-order valence-corrected chi connectivity index (χ4v) is 1.33. The van der Waals surface area contributed by atoms with E-state index in [-0.39, 0.29) is 5.56 Å². The summed E-state index contributed by atoms with van der Waals surface area (Å²) in [5, 5.41) is 17.1. The first-order valence-electron chi connectivity index (χ1n) is 5.50. The van der Waals surface area contributed by atoms with Crippen LogP contribution in [0.4, 0.5) is 26.3 Å². The third-order valence-electron chi connectivity index (χ3n) is 2.29. The molecule has 0 saturated heterocycles. The first-order valence-corrected chi connectivity index (χ1v) is 5.50. The SMILES string of the molecule is N#CC(C#N)=Cc1ccccc1OC(F)(F)[C@H](F)C(F)(F)F. The first-order chi connectivity index (χ1) is 10.1. The lowest BCUT2D eigenvalue weighted by Crippen LogP contribution is -2.45. The van der Waals surface area contributed by atoms with Crippen molar-refractivity contribution in [3.8, 4) is 17.9 Å². The summed E-state index contributed by atoms with van der Waals surface area (Å²) in [6.45, 7) is 0. The summed E-state index contributed by atoms with van der Waals surface area (Å²) in [4.78, 5) is 0. The maximum atomic E-state index is 13.2. The number of benzene rings is 1. The van der Waals surface area contributed by atoms with Crippen LogP contribution in [0, 0.1) is 22.7 Å². The molecule has 9 heteroatoms. The molecule has 3 nitrogen and oxygen atoms in total. The standard InChI is InChI=1S/C13H6F6N2O/c14-11(12(15,16)17)13(18,19)22-10-4-2-1-3-9(10)5-8(6-20)7-21/h1-5,11H/t11-/m1/s1. The van der Waals surface area contributed by atoms with Gasteiger partial charge in [0.05, 0.1) is 0 Å². The third kappa shape index (κ3) is 4.16. The largest absolute Gasteiger partial charge is 0.439 e. The molecule has 0 N–H and O–H groups in total. The van der Waals surface area contributed by atoms with Gasteiger partial charge in [-0.1, -0.05) is 18.2 Å². The molecular weight excluding hydrogens is 314 g/mol. The van der Waals surface area contributed by atoms with Crippen LogP contribution in [0.2, 0.25) is 0 Å². The Kier molecular flexibility index (Phi) is 5.05. The second-order valence-corrected chi connectivity index (χ2v) is 3.89. The number of alkyl halides is 6. The number of nitriles is 2. The Balaban J connectivity index is 3.18. The number of allylic oxidation sites excluding steroid dienone is 1. The molecule has 0 aliphatic carbocycles. The van der Waals surface area contributed by atoms with Crippen LogP contribution in [0.1, 0.15) is 5.56 Å². The summed E-state index contributed by atoms with van der Waals surface area (Å²) in [6, 6.07) is 7.31. The van der Waals surface area contributed by atoms with Crippen LogP contribution in [-0.2, 0) is 0 Å². The predicted molar refractivity (Wildman–Crippen MR) is 62.2 cm³/mol. The molecule has 0 amide bonds. The van der Waals surface area contributed by atoms with E-state index >= 15 is 0 Å². The molecule has 116 valence electrons. The average molecular weight is 320 g/mol. The van der Waals surface area contributed by atoms with Crippen LogP contribution in [-0.4, -0.2) is 18.5 Å². The summed E-state index contributed by atoms with van der Waals surface area (Å²) < 4.78 is 79.1. The molecule has 0 saturated carbocycles. The number of halogens is 6. The normalized spacial score (nSPS) is 12.7. The van der Waals surface area contributed by atoms with Gasteiger partial charge in [0, 0.05) is 5.56 Å². The zero-order chi connectivity index (χ0) is 17.0. The first kappa shape index (κ1) is 17.4. The van der Waals surface area contributed by atoms with Crippen molar-refractivity contribution in [2.24, 2.45) is 0 Å². The van der Waals surface area contributed by atoms with E-state index in [0.29, 0.717) is 0 Å². The molecule has 0 aliphatic heterocycles. The van der Waals surface area contributed by atoms with Crippen molar-refractivity contribution in [1.29, 1.82) is 10.5 Å². The zero-order valence-electron chi connectivity index (χ0n) is 10.5. The number of hydrogen-bond donors (Lipinski definition) is 0. The molecule has 0 spiro atoms. The Morgan fingerprint density at radius 2 is 1.64 bits per heavy atom. The van der Waals surface area contributed by atoms with Crippen LogP contribution < -0.4 is 4.74 Å². The Hall–Kier alpha value is -2.68. The Bertz CT molecular complexity index is 638. The van der Waals surface area contributed by atoms with E-state index in [1.54, 1.807) is 0 Å². The molecule has 0 bridgehead atoms. The van der Waals surface area contributed by atoms with Crippen LogP contribution in [0.15, 0.2) is 29.8 Å². The number of rotatable bonds is 4. The zero-order valence-corrected chi connectivity index (χ0v) is 10.5. The van der Waals surface area contributed by atoms with Gasteiger partial charge in [0.25, 0.3) is 6.17 Å². The van der Waals surface area contributed by atoms with Gasteiger partial charge >= 0.3 is 12.3 Å². The maximum absolute atomic E-state index is 13.2. The highest BCUT2D eigenvalue weighted by molar-refractivity contribution is 5.66. The second kappa shape index (κ2) is 6.39. The van der Waals surface area contributed by atoms with Gasteiger partial charge < -0.3 is 4.74 Å². The third-order valence-corrected chi connectivity index (χ3v) is 2.29. The molecular formula is C13H6F6N2O. The second-order valence-electron chi connectivity index (χ2n) is 3.89. The van der Waals surface area contributed by atoms with Gasteiger partial charge in [0.1, 0.15) is 23.5 Å². The predicted octanol–water partition coefficient (Wildman–Crippen LogP) is 3.99. The molecule has 22 heavy (non-hydrogen) atoms. The van der Waals surface area contributed by atoms with E-state index in [0.717, 1.165) is 24.3 Å². The average Bonchev–Trinajstić information content (AvgIpc) is 2.44. The van der Waals surface area contributed by atoms with Gasteiger partial charge in [-0.15, -0.1) is 0 Å². The van der Waals surface area contributed by atoms with Gasteiger partial charge in [-0.3, -0.25) is 0 Å². The Morgan fingerprint density at radius 1 is 1.09 bits per heavy atom. The molecule has 0 heterocycles. The highest BCUT2D eigenvalue weighted by Gasteiger charge is 2.59. The molecule has 0 aliphatic rings. The molecule has 1 aromatic rings. The fraction of sp³-hybridized carbons (Fsp3) is 0.231. The van der Waals surface area contributed by atoms with E-state index in [4.69, 9.17) is 10.5 Å². The number of ether oxygens (including phenoxy) is 1. The molecule has 1 rings (SSSR count). The van der Waals surface area contributed by atoms with Gasteiger partial charge in [-0.05, 0) is 12.1 Å². The topological polar surface area (TPSA) is 56.8 Å². The van der Waals surface area contributed by atoms with Crippen LogP contribution in [0.25, 0.3) is 6.08 Å². The lowest BCUT2D eigenvalue weighted by Gasteiger charge is -2.23. The van der Waals surface area contributed by atoms with E-state index in [9.17, 15) is 26.3 Å². The maximum Gasteiger partial charge on any atom is 0.439 e. The Labute approximate surface area is 120 Å². The number of para-hydroxylation sites is 1. The van der Waals surface area contributed by atoms with Crippen LogP contribution in [0.5, 0.6) is 5.75 Å². The minimum absolute atomic E-state index is 0.269. The number of nitrogens with zero attached hydrogens (tertiary/aromatic N) is 2. The van der Waals surface area contributed by atoms with Gasteiger partial charge in [-0.2, -0.15) is 32.5 Å². The van der Waals surface area contributed by atoms with Crippen molar-refractivity contribution in [2.45, 2.75) is 18.5 Å². The summed E-state index contributed by atoms with van der Waals surface area (Å²) in [7, 11) is 0. The van der Waals surface area contributed by atoms with Crippen molar-refractivity contribution in [2.75, 3.05) is 0 Å². The minimum atomic E-state index is -5.81. The molecule has 1 aromatic carbocycles. The van der Waals surface area contributed by atoms with Crippen molar-refractivity contribution >= 4 is 6.08 Å². The fourth-order valence-electron chi connectivity index (χ4n) is 1.33. The number of hydrogen-bond acceptors (Lipinski definition) is 3. The van der Waals surface area contributed by atoms with Crippen LogP contribution in [0.3, 0.4) is 0 Å². The molecule has 1 atom stereocenters. The van der Waals surface area contributed by atoms with Crippen molar-refractivity contribution < 1.29 is 31.1 Å². The molecule has 0 fully saturated rings. The van der Waals surface area contributed by atoms with Gasteiger partial charge in [0.2, 0.25) is 0 Å². The van der Waals surface area contributed by atoms with Crippen LogP contribution >= 0.6 is 0 Å². The lowest BCUT2D eigenvalue weighted by atomic mass is 10.1. The van der Waals surface area contributed by atoms with E-state index in [1.165, 1.54) is 18.2 Å². The van der Waals surface area contributed by atoms with E-state index in [1.807, 2.05) is 0 Å². The van der Waals surface area contributed by atoms with E-state index in [2.05, 4.69) is 4.74 Å². The summed E-state index contributed by atoms with van der Waals surface area (Å²) in [5.74, 6) is -0.803. The molecule has 0 unspecified atom stereocenters. The monoisotopic (exact) mass is 320 g/mol. The smallest absolute Gasteiger partial charge is 0.430 e. The highest BCUT2D eigenvalue weighted by Crippen LogP contribution is 2.37.